The van der Waals surface area contributed by atoms with Crippen molar-refractivity contribution in [3.05, 3.63) is 29.8 Å². The predicted molar refractivity (Wildman–Crippen MR) is 72.6 cm³/mol. The number of amides is 1. The number of sulfone groups is 1. The number of rotatable bonds is 6. The van der Waals surface area contributed by atoms with Crippen molar-refractivity contribution in [2.75, 3.05) is 5.75 Å². The number of esters is 1. The maximum atomic E-state index is 12.0. The van der Waals surface area contributed by atoms with Crippen LogP contribution in [0.3, 0.4) is 0 Å². The maximum absolute atomic E-state index is 12.0. The van der Waals surface area contributed by atoms with Gasteiger partial charge in [0.25, 0.3) is 5.91 Å². The van der Waals surface area contributed by atoms with Gasteiger partial charge in [-0.2, -0.15) is 0 Å². The molecule has 0 bridgehead atoms. The van der Waals surface area contributed by atoms with Crippen LogP contribution in [-0.2, 0) is 24.2 Å². The standard InChI is InChI=1S/C13H17NO5S/c1-9-3-5-11(6-4-9)20(17,18)8-7-12(15)19-10(2)13(14)16/h3-6,10H,7-8H2,1-2H3,(H2,14,16)/t10-/m0/s1. The first-order valence-corrected chi connectivity index (χ1v) is 7.66. The Bertz CT molecular complexity index is 592. The van der Waals surface area contributed by atoms with E-state index in [0.29, 0.717) is 0 Å². The van der Waals surface area contributed by atoms with Crippen molar-refractivity contribution in [1.82, 2.24) is 0 Å². The molecule has 0 aliphatic carbocycles. The van der Waals surface area contributed by atoms with E-state index < -0.39 is 27.8 Å². The van der Waals surface area contributed by atoms with Crippen LogP contribution in [0.5, 0.6) is 0 Å². The highest BCUT2D eigenvalue weighted by atomic mass is 32.2. The monoisotopic (exact) mass is 299 g/mol. The number of nitrogens with two attached hydrogens (primary N) is 1. The minimum absolute atomic E-state index is 0.152. The molecular formula is C13H17NO5S. The van der Waals surface area contributed by atoms with E-state index in [1.807, 2.05) is 6.92 Å². The number of hydrogen-bond donors (Lipinski definition) is 1. The fourth-order valence-corrected chi connectivity index (χ4v) is 2.62. The molecule has 0 aromatic heterocycles. The molecule has 0 aliphatic heterocycles. The van der Waals surface area contributed by atoms with Crippen molar-refractivity contribution in [1.29, 1.82) is 0 Å². The first-order valence-electron chi connectivity index (χ1n) is 6.00. The molecule has 0 radical (unpaired) electrons. The van der Waals surface area contributed by atoms with E-state index in [2.05, 4.69) is 4.74 Å². The van der Waals surface area contributed by atoms with E-state index >= 15 is 0 Å². The third kappa shape index (κ3) is 4.65. The summed E-state index contributed by atoms with van der Waals surface area (Å²) >= 11 is 0. The lowest BCUT2D eigenvalue weighted by Crippen LogP contribution is -2.31. The van der Waals surface area contributed by atoms with Crippen molar-refractivity contribution in [2.45, 2.75) is 31.3 Å². The zero-order valence-electron chi connectivity index (χ0n) is 11.3. The van der Waals surface area contributed by atoms with E-state index in [-0.39, 0.29) is 17.1 Å². The molecule has 1 atom stereocenters. The molecule has 1 rings (SSSR count). The molecule has 1 amide bonds. The summed E-state index contributed by atoms with van der Waals surface area (Å²) in [5.41, 5.74) is 5.88. The Kier molecular flexibility index (Phi) is 5.26. The number of ether oxygens (including phenoxy) is 1. The number of primary amides is 1. The Balaban J connectivity index is 2.62. The number of aryl methyl sites for hydroxylation is 1. The smallest absolute Gasteiger partial charge is 0.307 e. The van der Waals surface area contributed by atoms with Crippen LogP contribution in [0.1, 0.15) is 18.9 Å². The molecule has 0 saturated carbocycles. The number of carbonyl (C=O) groups excluding carboxylic acids is 2. The van der Waals surface area contributed by atoms with Crippen LogP contribution in [0.25, 0.3) is 0 Å². The molecule has 6 nitrogen and oxygen atoms in total. The number of carbonyl (C=O) groups is 2. The summed E-state index contributed by atoms with van der Waals surface area (Å²) in [7, 11) is -3.55. The molecule has 2 N–H and O–H groups in total. The van der Waals surface area contributed by atoms with Crippen molar-refractivity contribution in [2.24, 2.45) is 5.73 Å². The van der Waals surface area contributed by atoms with Crippen molar-refractivity contribution in [3.63, 3.8) is 0 Å². The minimum atomic E-state index is -3.55. The van der Waals surface area contributed by atoms with E-state index in [4.69, 9.17) is 5.73 Å². The highest BCUT2D eigenvalue weighted by Crippen LogP contribution is 2.13. The van der Waals surface area contributed by atoms with Crippen molar-refractivity contribution < 1.29 is 22.7 Å². The van der Waals surface area contributed by atoms with Gasteiger partial charge in [-0.1, -0.05) is 17.7 Å². The first kappa shape index (κ1) is 16.2. The zero-order valence-corrected chi connectivity index (χ0v) is 12.1. The second kappa shape index (κ2) is 6.51. The molecule has 0 fully saturated rings. The van der Waals surface area contributed by atoms with Crippen LogP contribution in [-0.4, -0.2) is 32.2 Å². The van der Waals surface area contributed by atoms with Gasteiger partial charge in [-0.25, -0.2) is 8.42 Å². The third-order valence-corrected chi connectivity index (χ3v) is 4.40. The molecule has 1 aromatic carbocycles. The van der Waals surface area contributed by atoms with Gasteiger partial charge >= 0.3 is 5.97 Å². The Morgan fingerprint density at radius 3 is 2.30 bits per heavy atom. The van der Waals surface area contributed by atoms with E-state index in [0.717, 1.165) is 5.56 Å². The molecule has 0 unspecified atom stereocenters. The normalized spacial score (nSPS) is 12.7. The van der Waals surface area contributed by atoms with Gasteiger partial charge in [0.2, 0.25) is 0 Å². The van der Waals surface area contributed by atoms with Crippen LogP contribution in [0.4, 0.5) is 0 Å². The fraction of sp³-hybridized carbons (Fsp3) is 0.385. The van der Waals surface area contributed by atoms with Crippen LogP contribution < -0.4 is 5.73 Å². The molecule has 0 saturated heterocycles. The highest BCUT2D eigenvalue weighted by Gasteiger charge is 2.19. The molecule has 0 heterocycles. The van der Waals surface area contributed by atoms with Crippen molar-refractivity contribution in [3.8, 4) is 0 Å². The topological polar surface area (TPSA) is 104 Å². The van der Waals surface area contributed by atoms with Gasteiger partial charge in [0.05, 0.1) is 17.1 Å². The van der Waals surface area contributed by atoms with E-state index in [1.165, 1.54) is 19.1 Å². The summed E-state index contributed by atoms with van der Waals surface area (Å²) in [6.45, 7) is 3.17. The first-order chi connectivity index (χ1) is 9.22. The van der Waals surface area contributed by atoms with E-state index in [1.54, 1.807) is 12.1 Å². The summed E-state index contributed by atoms with van der Waals surface area (Å²) in [5.74, 6) is -1.92. The Labute approximate surface area is 117 Å². The van der Waals surface area contributed by atoms with Gasteiger partial charge in [0, 0.05) is 0 Å². The molecule has 0 aliphatic rings. The SMILES string of the molecule is Cc1ccc(S(=O)(=O)CCC(=O)O[C@@H](C)C(N)=O)cc1. The summed E-state index contributed by atoms with van der Waals surface area (Å²) in [4.78, 5) is 22.3. The van der Waals surface area contributed by atoms with Crippen LogP contribution >= 0.6 is 0 Å². The number of hydrogen-bond acceptors (Lipinski definition) is 5. The van der Waals surface area contributed by atoms with Gasteiger partial charge < -0.3 is 10.5 Å². The van der Waals surface area contributed by atoms with Crippen molar-refractivity contribution >= 4 is 21.7 Å². The van der Waals surface area contributed by atoms with E-state index in [9.17, 15) is 18.0 Å². The Hall–Kier alpha value is -1.89. The summed E-state index contributed by atoms with van der Waals surface area (Å²) in [5, 5.41) is 0. The Morgan fingerprint density at radius 2 is 1.80 bits per heavy atom. The average Bonchev–Trinajstić information content (AvgIpc) is 2.37. The molecule has 7 heteroatoms. The van der Waals surface area contributed by atoms with Gasteiger partial charge in [-0.15, -0.1) is 0 Å². The largest absolute Gasteiger partial charge is 0.453 e. The summed E-state index contributed by atoms with van der Waals surface area (Å²) < 4.78 is 28.6. The summed E-state index contributed by atoms with van der Waals surface area (Å²) in [6.07, 6.45) is -1.39. The molecule has 110 valence electrons. The third-order valence-electron chi connectivity index (χ3n) is 2.66. The quantitative estimate of drug-likeness (QED) is 0.774. The van der Waals surface area contributed by atoms with Crippen LogP contribution in [0.2, 0.25) is 0 Å². The van der Waals surface area contributed by atoms with Crippen LogP contribution in [0, 0.1) is 6.92 Å². The minimum Gasteiger partial charge on any atom is -0.453 e. The van der Waals surface area contributed by atoms with Gasteiger partial charge in [0.15, 0.2) is 15.9 Å². The van der Waals surface area contributed by atoms with Gasteiger partial charge in [0.1, 0.15) is 0 Å². The zero-order chi connectivity index (χ0) is 15.3. The highest BCUT2D eigenvalue weighted by molar-refractivity contribution is 7.91. The molecule has 0 spiro atoms. The maximum Gasteiger partial charge on any atom is 0.307 e. The average molecular weight is 299 g/mol. The second-order valence-electron chi connectivity index (χ2n) is 4.42. The molecule has 20 heavy (non-hydrogen) atoms. The van der Waals surface area contributed by atoms with Gasteiger partial charge in [-0.3, -0.25) is 9.59 Å². The molecule has 1 aromatic rings. The lowest BCUT2D eigenvalue weighted by Gasteiger charge is -2.09. The summed E-state index contributed by atoms with van der Waals surface area (Å²) in [6, 6.07) is 6.34. The lowest BCUT2D eigenvalue weighted by molar-refractivity contribution is -0.153. The van der Waals surface area contributed by atoms with Gasteiger partial charge in [-0.05, 0) is 26.0 Å². The second-order valence-corrected chi connectivity index (χ2v) is 6.53. The molecular weight excluding hydrogens is 282 g/mol. The lowest BCUT2D eigenvalue weighted by atomic mass is 10.2. The van der Waals surface area contributed by atoms with Crippen LogP contribution in [0.15, 0.2) is 29.2 Å². The fourth-order valence-electron chi connectivity index (χ4n) is 1.40. The Morgan fingerprint density at radius 1 is 1.25 bits per heavy atom. The number of benzene rings is 1. The predicted octanol–water partition coefficient (Wildman–Crippen LogP) is 0.576.